The minimum atomic E-state index is -0.0847. The lowest BCUT2D eigenvalue weighted by molar-refractivity contribution is 0.634. The van der Waals surface area contributed by atoms with Gasteiger partial charge < -0.3 is 0 Å². The van der Waals surface area contributed by atoms with Gasteiger partial charge in [0.05, 0.1) is 6.04 Å². The van der Waals surface area contributed by atoms with Gasteiger partial charge in [0, 0.05) is 16.4 Å². The summed E-state index contributed by atoms with van der Waals surface area (Å²) in [4.78, 5) is 4.38. The molecule has 100 valence electrons. The molecule has 4 heteroatoms. The summed E-state index contributed by atoms with van der Waals surface area (Å²) < 4.78 is 0. The van der Waals surface area contributed by atoms with Crippen molar-refractivity contribution in [2.24, 2.45) is 5.84 Å². The number of pyridine rings is 1. The van der Waals surface area contributed by atoms with E-state index in [0.29, 0.717) is 0 Å². The minimum absolute atomic E-state index is 0.0847. The zero-order valence-corrected chi connectivity index (χ0v) is 12.1. The predicted octanol–water partition coefficient (Wildman–Crippen LogP) is 3.21. The Morgan fingerprint density at radius 1 is 1.05 bits per heavy atom. The van der Waals surface area contributed by atoms with E-state index < -0.39 is 0 Å². The lowest BCUT2D eigenvalue weighted by Crippen LogP contribution is -2.29. The fourth-order valence-electron chi connectivity index (χ4n) is 2.21. The zero-order chi connectivity index (χ0) is 14.0. The fourth-order valence-corrected chi connectivity index (χ4v) is 2.40. The smallest absolute Gasteiger partial charge is 0.0711 e. The van der Waals surface area contributed by atoms with Gasteiger partial charge in [0.25, 0.3) is 0 Å². The van der Waals surface area contributed by atoms with E-state index in [0.717, 1.165) is 33.1 Å². The lowest BCUT2D eigenvalue weighted by Gasteiger charge is -2.18. The van der Waals surface area contributed by atoms with Crippen LogP contribution in [0.4, 0.5) is 0 Å². The number of benzene rings is 1. The topological polar surface area (TPSA) is 50.9 Å². The summed E-state index contributed by atoms with van der Waals surface area (Å²) in [5.41, 5.74) is 8.00. The normalized spacial score (nSPS) is 12.5. The van der Waals surface area contributed by atoms with Gasteiger partial charge in [-0.2, -0.15) is 0 Å². The molecule has 0 saturated carbocycles. The molecule has 1 unspecified atom stereocenters. The predicted molar refractivity (Wildman–Crippen MR) is 79.1 cm³/mol. The monoisotopic (exact) mass is 275 g/mol. The van der Waals surface area contributed by atoms with Crippen molar-refractivity contribution in [3.63, 3.8) is 0 Å². The maximum absolute atomic E-state index is 6.18. The second-order valence-electron chi connectivity index (χ2n) is 4.79. The number of aryl methyl sites for hydroxylation is 3. The maximum atomic E-state index is 6.18. The molecule has 3 N–H and O–H groups in total. The van der Waals surface area contributed by atoms with Crippen LogP contribution in [0.1, 0.15) is 34.1 Å². The van der Waals surface area contributed by atoms with Crippen LogP contribution in [-0.2, 0) is 0 Å². The first-order chi connectivity index (χ1) is 9.01. The second kappa shape index (κ2) is 5.70. The molecule has 1 heterocycles. The first kappa shape index (κ1) is 14.0. The summed E-state index contributed by atoms with van der Waals surface area (Å²) in [6.45, 7) is 5.94. The quantitative estimate of drug-likeness (QED) is 0.668. The Balaban J connectivity index is 2.46. The third-order valence-corrected chi connectivity index (χ3v) is 3.54. The van der Waals surface area contributed by atoms with Gasteiger partial charge in [-0.15, -0.1) is 0 Å². The Kier molecular flexibility index (Phi) is 4.20. The average Bonchev–Trinajstić information content (AvgIpc) is 2.33. The third kappa shape index (κ3) is 3.13. The number of nitrogens with zero attached hydrogens (tertiary/aromatic N) is 1. The summed E-state index contributed by atoms with van der Waals surface area (Å²) in [5, 5.41) is 0.750. The minimum Gasteiger partial charge on any atom is -0.271 e. The fraction of sp³-hybridized carbons (Fsp3) is 0.267. The Morgan fingerprint density at radius 3 is 2.21 bits per heavy atom. The molecule has 2 rings (SSSR count). The Labute approximate surface area is 118 Å². The van der Waals surface area contributed by atoms with E-state index >= 15 is 0 Å². The highest BCUT2D eigenvalue weighted by Crippen LogP contribution is 2.26. The Bertz CT molecular complexity index is 576. The second-order valence-corrected chi connectivity index (χ2v) is 5.20. The van der Waals surface area contributed by atoms with E-state index in [1.165, 1.54) is 0 Å². The molecule has 0 aliphatic carbocycles. The van der Waals surface area contributed by atoms with E-state index in [9.17, 15) is 0 Å². The molecule has 0 aliphatic heterocycles. The van der Waals surface area contributed by atoms with Crippen LogP contribution in [-0.4, -0.2) is 4.98 Å². The molecular weight excluding hydrogens is 258 g/mol. The Hall–Kier alpha value is -1.42. The summed E-state index contributed by atoms with van der Waals surface area (Å²) in [5.74, 6) is 5.71. The molecule has 2 aromatic rings. The van der Waals surface area contributed by atoms with Crippen LogP contribution in [0.2, 0.25) is 5.02 Å². The van der Waals surface area contributed by atoms with Crippen LogP contribution in [0.3, 0.4) is 0 Å². The number of hydrogen-bond donors (Lipinski definition) is 2. The van der Waals surface area contributed by atoms with E-state index in [4.69, 9.17) is 17.4 Å². The zero-order valence-electron chi connectivity index (χ0n) is 11.4. The van der Waals surface area contributed by atoms with Crippen molar-refractivity contribution in [2.45, 2.75) is 26.8 Å². The van der Waals surface area contributed by atoms with E-state index in [2.05, 4.69) is 10.4 Å². The van der Waals surface area contributed by atoms with Crippen LogP contribution in [0.25, 0.3) is 0 Å². The SMILES string of the molecule is Cc1cc(C(NN)c2ccc(C)c(Cl)c2)cc(C)n1. The van der Waals surface area contributed by atoms with Gasteiger partial charge in [-0.1, -0.05) is 23.7 Å². The number of hydrazine groups is 1. The number of halogens is 1. The number of aromatic nitrogens is 1. The molecule has 0 amide bonds. The van der Waals surface area contributed by atoms with Crippen LogP contribution < -0.4 is 11.3 Å². The summed E-state index contributed by atoms with van der Waals surface area (Å²) >= 11 is 6.18. The van der Waals surface area contributed by atoms with Gasteiger partial charge in [0.15, 0.2) is 0 Å². The summed E-state index contributed by atoms with van der Waals surface area (Å²) in [6.07, 6.45) is 0. The number of nitrogens with one attached hydrogen (secondary N) is 1. The van der Waals surface area contributed by atoms with Crippen LogP contribution in [0.15, 0.2) is 30.3 Å². The molecule has 0 radical (unpaired) electrons. The molecule has 0 spiro atoms. The molecule has 0 saturated heterocycles. The van der Waals surface area contributed by atoms with Gasteiger partial charge >= 0.3 is 0 Å². The van der Waals surface area contributed by atoms with Gasteiger partial charge in [-0.25, -0.2) is 5.43 Å². The molecule has 1 aromatic carbocycles. The standard InChI is InChI=1S/C15H18ClN3/c1-9-4-5-12(8-14(9)16)15(19-17)13-6-10(2)18-11(3)7-13/h4-8,15,19H,17H2,1-3H3. The maximum Gasteiger partial charge on any atom is 0.0711 e. The van der Waals surface area contributed by atoms with Crippen molar-refractivity contribution in [3.8, 4) is 0 Å². The highest BCUT2D eigenvalue weighted by molar-refractivity contribution is 6.31. The number of nitrogens with two attached hydrogens (primary N) is 1. The van der Waals surface area contributed by atoms with Gasteiger partial charge in [-0.3, -0.25) is 10.8 Å². The molecule has 1 atom stereocenters. The molecule has 0 fully saturated rings. The number of rotatable bonds is 3. The van der Waals surface area contributed by atoms with Crippen LogP contribution in [0.5, 0.6) is 0 Å². The molecular formula is C15H18ClN3. The van der Waals surface area contributed by atoms with Crippen molar-refractivity contribution < 1.29 is 0 Å². The van der Waals surface area contributed by atoms with E-state index in [1.54, 1.807) is 0 Å². The van der Waals surface area contributed by atoms with Crippen LogP contribution >= 0.6 is 11.6 Å². The van der Waals surface area contributed by atoms with Crippen molar-refractivity contribution in [2.75, 3.05) is 0 Å². The lowest BCUT2D eigenvalue weighted by atomic mass is 9.98. The third-order valence-electron chi connectivity index (χ3n) is 3.13. The summed E-state index contributed by atoms with van der Waals surface area (Å²) in [7, 11) is 0. The van der Waals surface area contributed by atoms with Gasteiger partial charge in [0.1, 0.15) is 0 Å². The number of hydrogen-bond acceptors (Lipinski definition) is 3. The van der Waals surface area contributed by atoms with E-state index in [1.807, 2.05) is 51.1 Å². The van der Waals surface area contributed by atoms with Crippen molar-refractivity contribution >= 4 is 11.6 Å². The summed E-state index contributed by atoms with van der Waals surface area (Å²) in [6, 6.07) is 9.97. The highest BCUT2D eigenvalue weighted by Gasteiger charge is 2.14. The average molecular weight is 276 g/mol. The highest BCUT2D eigenvalue weighted by atomic mass is 35.5. The molecule has 1 aromatic heterocycles. The van der Waals surface area contributed by atoms with Gasteiger partial charge in [-0.05, 0) is 55.7 Å². The van der Waals surface area contributed by atoms with Crippen molar-refractivity contribution in [1.29, 1.82) is 0 Å². The van der Waals surface area contributed by atoms with Crippen LogP contribution in [0, 0.1) is 20.8 Å². The van der Waals surface area contributed by atoms with Crippen molar-refractivity contribution in [1.82, 2.24) is 10.4 Å². The molecule has 0 aliphatic rings. The van der Waals surface area contributed by atoms with E-state index in [-0.39, 0.29) is 6.04 Å². The molecule has 3 nitrogen and oxygen atoms in total. The molecule has 19 heavy (non-hydrogen) atoms. The largest absolute Gasteiger partial charge is 0.271 e. The first-order valence-corrected chi connectivity index (χ1v) is 6.56. The van der Waals surface area contributed by atoms with Gasteiger partial charge in [0.2, 0.25) is 0 Å². The van der Waals surface area contributed by atoms with Crippen molar-refractivity contribution in [3.05, 3.63) is 63.4 Å². The Morgan fingerprint density at radius 2 is 1.68 bits per heavy atom. The molecule has 0 bridgehead atoms. The first-order valence-electron chi connectivity index (χ1n) is 6.18.